The van der Waals surface area contributed by atoms with Gasteiger partial charge < -0.3 is 58.9 Å². The third-order valence-electron chi connectivity index (χ3n) is 7.01. The number of aromatic nitrogens is 4. The standard InChI is InChI=1S/C28H46N12O7/c29-7-3-1-5-19(39-26(44)21(37-23(41)11-31)9-17-12-32-15-35-17)25(43)34-14-24(42)38-22(10-18-13-33-16-36-18)27(45)40-20(28(46)47)6-2-4-8-30/h12-13,15-16,19-22H,1-11,14,29-31H2,(H,32,35)(H,33,36)(H,34,43)(H,37,41)(H,38,42)(H,39,44)(H,40,45)(H,46,47)/t19-,20-,21-,22-/m0/s1. The first kappa shape index (κ1) is 38.3. The fraction of sp³-hybridized carbons (Fsp3) is 0.571. The third-order valence-corrected chi connectivity index (χ3v) is 7.01. The second-order valence-corrected chi connectivity index (χ2v) is 10.8. The van der Waals surface area contributed by atoms with E-state index in [9.17, 15) is 33.9 Å². The highest BCUT2D eigenvalue weighted by Gasteiger charge is 2.29. The number of carboxylic acids is 1. The van der Waals surface area contributed by atoms with Gasteiger partial charge >= 0.3 is 5.97 Å². The number of aliphatic carboxylic acids is 1. The van der Waals surface area contributed by atoms with Crippen LogP contribution in [0.25, 0.3) is 0 Å². The molecule has 19 heteroatoms. The lowest BCUT2D eigenvalue weighted by Gasteiger charge is -2.23. The molecule has 0 unspecified atom stereocenters. The van der Waals surface area contributed by atoms with Crippen LogP contribution in [0.1, 0.15) is 49.9 Å². The van der Waals surface area contributed by atoms with Crippen molar-refractivity contribution in [1.82, 2.24) is 46.5 Å². The Labute approximate surface area is 271 Å². The van der Waals surface area contributed by atoms with Crippen LogP contribution < -0.4 is 43.8 Å². The molecule has 0 aromatic carbocycles. The number of carboxylic acid groups (broad SMARTS) is 1. The maximum absolute atomic E-state index is 13.2. The van der Waals surface area contributed by atoms with Crippen molar-refractivity contribution in [3.63, 3.8) is 0 Å². The van der Waals surface area contributed by atoms with Crippen LogP contribution in [0, 0.1) is 0 Å². The molecule has 0 aliphatic heterocycles. The van der Waals surface area contributed by atoms with Crippen molar-refractivity contribution < 1.29 is 33.9 Å². The van der Waals surface area contributed by atoms with Gasteiger partial charge in [-0.15, -0.1) is 0 Å². The molecule has 260 valence electrons. The second kappa shape index (κ2) is 21.0. The predicted molar refractivity (Wildman–Crippen MR) is 168 cm³/mol. The van der Waals surface area contributed by atoms with Crippen LogP contribution >= 0.6 is 0 Å². The molecule has 2 aromatic rings. The molecule has 0 fully saturated rings. The summed E-state index contributed by atoms with van der Waals surface area (Å²) in [7, 11) is 0. The van der Waals surface area contributed by atoms with Gasteiger partial charge in [0.2, 0.25) is 29.5 Å². The Morgan fingerprint density at radius 1 is 0.660 bits per heavy atom. The van der Waals surface area contributed by atoms with Crippen LogP contribution in [0.4, 0.5) is 0 Å². The van der Waals surface area contributed by atoms with E-state index in [1.807, 2.05) is 0 Å². The van der Waals surface area contributed by atoms with Crippen molar-refractivity contribution in [1.29, 1.82) is 0 Å². The molecular formula is C28H46N12O7. The number of H-pyrrole nitrogens is 2. The van der Waals surface area contributed by atoms with Crippen molar-refractivity contribution in [2.45, 2.75) is 75.5 Å². The number of nitrogens with two attached hydrogens (primary N) is 3. The normalized spacial score (nSPS) is 13.4. The van der Waals surface area contributed by atoms with Crippen LogP contribution in [0.15, 0.2) is 25.0 Å². The summed E-state index contributed by atoms with van der Waals surface area (Å²) in [6.07, 6.45) is 8.18. The van der Waals surface area contributed by atoms with Crippen molar-refractivity contribution in [2.75, 3.05) is 26.2 Å². The molecule has 47 heavy (non-hydrogen) atoms. The highest BCUT2D eigenvalue weighted by Crippen LogP contribution is 2.06. The number of nitrogens with zero attached hydrogens (tertiary/aromatic N) is 2. The number of imidazole rings is 2. The molecule has 0 bridgehead atoms. The lowest BCUT2D eigenvalue weighted by molar-refractivity contribution is -0.142. The van der Waals surface area contributed by atoms with Gasteiger partial charge in [-0.1, -0.05) is 0 Å². The average Bonchev–Trinajstić information content (AvgIpc) is 3.76. The molecule has 0 saturated carbocycles. The molecular weight excluding hydrogens is 616 g/mol. The van der Waals surface area contributed by atoms with Crippen molar-refractivity contribution in [3.8, 4) is 0 Å². The van der Waals surface area contributed by atoms with E-state index in [-0.39, 0.29) is 32.2 Å². The minimum atomic E-state index is -1.23. The Morgan fingerprint density at radius 2 is 1.15 bits per heavy atom. The quantitative estimate of drug-likeness (QED) is 0.0512. The summed E-state index contributed by atoms with van der Waals surface area (Å²) in [6.45, 7) is -0.184. The van der Waals surface area contributed by atoms with E-state index in [2.05, 4.69) is 46.5 Å². The maximum atomic E-state index is 13.2. The zero-order valence-electron chi connectivity index (χ0n) is 26.1. The molecule has 5 amide bonds. The lowest BCUT2D eigenvalue weighted by Crippen LogP contribution is -2.56. The topological polar surface area (TPSA) is 318 Å². The first-order valence-corrected chi connectivity index (χ1v) is 15.3. The Kier molecular flexibility index (Phi) is 17.1. The molecule has 0 radical (unpaired) electrons. The summed E-state index contributed by atoms with van der Waals surface area (Å²) in [6, 6.07) is -4.56. The largest absolute Gasteiger partial charge is 0.480 e. The minimum Gasteiger partial charge on any atom is -0.480 e. The molecule has 19 nitrogen and oxygen atoms in total. The molecule has 2 rings (SSSR count). The number of carbonyl (C=O) groups excluding carboxylic acids is 5. The second-order valence-electron chi connectivity index (χ2n) is 10.8. The van der Waals surface area contributed by atoms with Crippen LogP contribution in [-0.2, 0) is 41.6 Å². The van der Waals surface area contributed by atoms with E-state index in [1.165, 1.54) is 25.0 Å². The molecule has 0 aliphatic rings. The van der Waals surface area contributed by atoms with Gasteiger partial charge in [0.15, 0.2) is 0 Å². The molecule has 0 aliphatic carbocycles. The smallest absolute Gasteiger partial charge is 0.326 e. The van der Waals surface area contributed by atoms with Crippen LogP contribution in [-0.4, -0.2) is 111 Å². The van der Waals surface area contributed by atoms with Crippen LogP contribution in [0.5, 0.6) is 0 Å². The summed E-state index contributed by atoms with van der Waals surface area (Å²) in [5.41, 5.74) is 17.5. The number of hydrogen-bond acceptors (Lipinski definition) is 11. The number of aromatic amines is 2. The highest BCUT2D eigenvalue weighted by molar-refractivity contribution is 5.95. The summed E-state index contributed by atoms with van der Waals surface area (Å²) in [5, 5.41) is 22.2. The molecule has 14 N–H and O–H groups in total. The fourth-order valence-corrected chi connectivity index (χ4v) is 4.50. The van der Waals surface area contributed by atoms with Gasteiger partial charge in [0.05, 0.1) is 25.7 Å². The highest BCUT2D eigenvalue weighted by atomic mass is 16.4. The summed E-state index contributed by atoms with van der Waals surface area (Å²) in [5.74, 6) is -4.64. The number of rotatable bonds is 23. The summed E-state index contributed by atoms with van der Waals surface area (Å²) < 4.78 is 0. The Hall–Kier alpha value is -4.88. The Balaban J connectivity index is 2.09. The van der Waals surface area contributed by atoms with Gasteiger partial charge in [-0.05, 0) is 51.6 Å². The van der Waals surface area contributed by atoms with Gasteiger partial charge in [-0.25, -0.2) is 14.8 Å². The molecule has 2 heterocycles. The third kappa shape index (κ3) is 14.4. The monoisotopic (exact) mass is 662 g/mol. The molecule has 0 spiro atoms. The summed E-state index contributed by atoms with van der Waals surface area (Å²) in [4.78, 5) is 89.7. The summed E-state index contributed by atoms with van der Waals surface area (Å²) >= 11 is 0. The van der Waals surface area contributed by atoms with E-state index >= 15 is 0 Å². The van der Waals surface area contributed by atoms with Gasteiger partial charge in [0.25, 0.3) is 0 Å². The van der Waals surface area contributed by atoms with Crippen molar-refractivity contribution >= 4 is 35.5 Å². The van der Waals surface area contributed by atoms with E-state index < -0.39 is 66.2 Å². The number of nitrogens with one attached hydrogen (secondary N) is 7. The number of carbonyl (C=O) groups is 6. The van der Waals surface area contributed by atoms with Crippen molar-refractivity contribution in [3.05, 3.63) is 36.4 Å². The average molecular weight is 663 g/mol. The maximum Gasteiger partial charge on any atom is 0.326 e. The first-order chi connectivity index (χ1) is 22.6. The van der Waals surface area contributed by atoms with Gasteiger partial charge in [-0.2, -0.15) is 0 Å². The van der Waals surface area contributed by atoms with Gasteiger partial charge in [0.1, 0.15) is 24.2 Å². The number of hydrogen-bond donors (Lipinski definition) is 11. The van der Waals surface area contributed by atoms with E-state index in [0.29, 0.717) is 50.2 Å². The Morgan fingerprint density at radius 3 is 1.60 bits per heavy atom. The predicted octanol–water partition coefficient (Wildman–Crippen LogP) is -3.73. The van der Waals surface area contributed by atoms with E-state index in [0.717, 1.165) is 0 Å². The number of amides is 5. The first-order valence-electron chi connectivity index (χ1n) is 15.3. The lowest BCUT2D eigenvalue weighted by atomic mass is 10.1. The van der Waals surface area contributed by atoms with Crippen LogP contribution in [0.3, 0.4) is 0 Å². The van der Waals surface area contributed by atoms with Crippen LogP contribution in [0.2, 0.25) is 0 Å². The van der Waals surface area contributed by atoms with E-state index in [1.54, 1.807) is 0 Å². The SMILES string of the molecule is NCCCC[C@H](NC(=O)[C@H](Cc1cnc[nH]1)NC(=O)CNC(=O)[C@H](CCCCN)NC(=O)[C@H](Cc1cnc[nH]1)NC(=O)CN)C(=O)O. The van der Waals surface area contributed by atoms with E-state index in [4.69, 9.17) is 17.2 Å². The molecule has 4 atom stereocenters. The zero-order chi connectivity index (χ0) is 34.6. The molecule has 0 saturated heterocycles. The molecule has 2 aromatic heterocycles. The number of unbranched alkanes of at least 4 members (excludes halogenated alkanes) is 2. The van der Waals surface area contributed by atoms with Gasteiger partial charge in [-0.3, -0.25) is 24.0 Å². The fourth-order valence-electron chi connectivity index (χ4n) is 4.50. The Bertz CT molecular complexity index is 1270. The minimum absolute atomic E-state index is 0.0370. The zero-order valence-corrected chi connectivity index (χ0v) is 26.1. The van der Waals surface area contributed by atoms with Crippen molar-refractivity contribution in [2.24, 2.45) is 17.2 Å². The van der Waals surface area contributed by atoms with Gasteiger partial charge in [0, 0.05) is 36.6 Å².